The number of hydrogen-bond acceptors (Lipinski definition) is 5. The lowest BCUT2D eigenvalue weighted by Gasteiger charge is -2.11. The molecule has 21 heavy (non-hydrogen) atoms. The molecular weight excluding hydrogens is 335 g/mol. The highest BCUT2D eigenvalue weighted by Gasteiger charge is 2.27. The molecule has 1 aromatic carbocycles. The van der Waals surface area contributed by atoms with E-state index in [9.17, 15) is 0 Å². The van der Waals surface area contributed by atoms with Crippen molar-refractivity contribution >= 4 is 40.5 Å². The van der Waals surface area contributed by atoms with Gasteiger partial charge in [0.15, 0.2) is 10.9 Å². The van der Waals surface area contributed by atoms with Gasteiger partial charge in [0.25, 0.3) is 0 Å². The molecule has 0 amide bonds. The van der Waals surface area contributed by atoms with Crippen LogP contribution >= 0.6 is 34.8 Å². The molecule has 5 nitrogen and oxygen atoms in total. The van der Waals surface area contributed by atoms with Crippen LogP contribution in [-0.4, -0.2) is 10.2 Å². The number of ether oxygens (including phenoxy) is 1. The Kier molecular flexibility index (Phi) is 4.08. The van der Waals surface area contributed by atoms with Gasteiger partial charge in [-0.3, -0.25) is 5.84 Å². The summed E-state index contributed by atoms with van der Waals surface area (Å²) in [5, 5.41) is 8.86. The second-order valence-electron chi connectivity index (χ2n) is 4.72. The van der Waals surface area contributed by atoms with E-state index in [1.807, 2.05) is 0 Å². The molecule has 1 aliphatic rings. The number of nitrogens with zero attached hydrogens (tertiary/aromatic N) is 2. The lowest BCUT2D eigenvalue weighted by Crippen LogP contribution is -2.06. The van der Waals surface area contributed by atoms with Gasteiger partial charge in [-0.15, -0.1) is 10.2 Å². The van der Waals surface area contributed by atoms with Gasteiger partial charge in [-0.25, -0.2) is 0 Å². The van der Waals surface area contributed by atoms with Gasteiger partial charge in [-0.05, 0) is 36.5 Å². The van der Waals surface area contributed by atoms with Crippen LogP contribution in [0.4, 0.5) is 5.69 Å². The molecule has 110 valence electrons. The molecule has 0 aliphatic heterocycles. The number of halogens is 3. The van der Waals surface area contributed by atoms with Crippen LogP contribution in [0.3, 0.4) is 0 Å². The van der Waals surface area contributed by atoms with E-state index in [0.29, 0.717) is 38.4 Å². The molecule has 1 saturated carbocycles. The van der Waals surface area contributed by atoms with Crippen LogP contribution in [0.2, 0.25) is 15.2 Å². The molecule has 3 N–H and O–H groups in total. The second kappa shape index (κ2) is 5.85. The van der Waals surface area contributed by atoms with Crippen molar-refractivity contribution in [2.24, 2.45) is 5.84 Å². The third-order valence-corrected chi connectivity index (χ3v) is 4.00. The highest BCUT2D eigenvalue weighted by atomic mass is 35.5. The number of hydrogen-bond donors (Lipinski definition) is 2. The zero-order valence-corrected chi connectivity index (χ0v) is 13.0. The summed E-state index contributed by atoms with van der Waals surface area (Å²) in [5.74, 6) is 6.36. The molecule has 1 fully saturated rings. The number of anilines is 1. The second-order valence-corrected chi connectivity index (χ2v) is 5.89. The maximum atomic E-state index is 6.13. The quantitative estimate of drug-likeness (QED) is 0.635. The van der Waals surface area contributed by atoms with Crippen molar-refractivity contribution in [3.63, 3.8) is 0 Å². The zero-order valence-electron chi connectivity index (χ0n) is 10.7. The average molecular weight is 346 g/mol. The van der Waals surface area contributed by atoms with Crippen molar-refractivity contribution in [1.29, 1.82) is 0 Å². The Morgan fingerprint density at radius 1 is 1.10 bits per heavy atom. The summed E-state index contributed by atoms with van der Waals surface area (Å²) in [7, 11) is 0. The van der Waals surface area contributed by atoms with Gasteiger partial charge in [0.2, 0.25) is 5.88 Å². The summed E-state index contributed by atoms with van der Waals surface area (Å²) >= 11 is 18.3. The van der Waals surface area contributed by atoms with Gasteiger partial charge in [0, 0.05) is 6.07 Å². The first-order valence-corrected chi connectivity index (χ1v) is 7.38. The summed E-state index contributed by atoms with van der Waals surface area (Å²) in [5.41, 5.74) is 3.99. The molecule has 1 heterocycles. The van der Waals surface area contributed by atoms with Crippen molar-refractivity contribution < 1.29 is 4.74 Å². The van der Waals surface area contributed by atoms with Crippen LogP contribution in [0.25, 0.3) is 0 Å². The Hall–Kier alpha value is -1.27. The van der Waals surface area contributed by atoms with Crippen LogP contribution in [-0.2, 0) is 0 Å². The van der Waals surface area contributed by atoms with Gasteiger partial charge in [-0.2, -0.15) is 0 Å². The third-order valence-electron chi connectivity index (χ3n) is 3.14. The van der Waals surface area contributed by atoms with Gasteiger partial charge in [0.05, 0.1) is 15.7 Å². The summed E-state index contributed by atoms with van der Waals surface area (Å²) < 4.78 is 5.65. The first kappa shape index (κ1) is 14.7. The fraction of sp³-hybridized carbons (Fsp3) is 0.231. The zero-order chi connectivity index (χ0) is 15.0. The van der Waals surface area contributed by atoms with Crippen molar-refractivity contribution in [3.05, 3.63) is 39.0 Å². The summed E-state index contributed by atoms with van der Waals surface area (Å²) in [6.07, 6.45) is 2.20. The molecule has 3 rings (SSSR count). The predicted octanol–water partition coefficient (Wildman–Crippen LogP) is 4.39. The van der Waals surface area contributed by atoms with E-state index in [1.165, 1.54) is 0 Å². The van der Waals surface area contributed by atoms with Crippen LogP contribution in [0.5, 0.6) is 11.6 Å². The minimum absolute atomic E-state index is 0.302. The standard InChI is InChI=1S/C13H11Cl3N4O/c14-9-3-7(18-17)4-10(15)12(9)21-11-5-8(6-1-2-6)13(16)20-19-11/h3-6,18H,1-2,17H2. The molecule has 0 unspecified atom stereocenters. The Morgan fingerprint density at radius 3 is 2.33 bits per heavy atom. The lowest BCUT2D eigenvalue weighted by molar-refractivity contribution is 0.454. The van der Waals surface area contributed by atoms with Crippen LogP contribution < -0.4 is 16.0 Å². The van der Waals surface area contributed by atoms with Gasteiger partial charge in [-0.1, -0.05) is 34.8 Å². The number of nitrogen functional groups attached to an aromatic ring is 1. The summed E-state index contributed by atoms with van der Waals surface area (Å²) in [6.45, 7) is 0. The van der Waals surface area contributed by atoms with Crippen molar-refractivity contribution in [3.8, 4) is 11.6 Å². The van der Waals surface area contributed by atoms with E-state index in [2.05, 4.69) is 15.6 Å². The number of aromatic nitrogens is 2. The normalized spacial score (nSPS) is 14.1. The molecule has 8 heteroatoms. The van der Waals surface area contributed by atoms with E-state index in [1.54, 1.807) is 18.2 Å². The maximum absolute atomic E-state index is 6.13. The molecular formula is C13H11Cl3N4O. The molecule has 0 saturated heterocycles. The Bertz CT molecular complexity index is 668. The largest absolute Gasteiger partial charge is 0.434 e. The smallest absolute Gasteiger partial charge is 0.239 e. The highest BCUT2D eigenvalue weighted by Crippen LogP contribution is 2.44. The van der Waals surface area contributed by atoms with Crippen molar-refractivity contribution in [1.82, 2.24) is 10.2 Å². The summed E-state index contributed by atoms with van der Waals surface area (Å²) in [6, 6.07) is 4.98. The molecule has 2 aromatic rings. The Morgan fingerprint density at radius 2 is 1.76 bits per heavy atom. The molecule has 1 aliphatic carbocycles. The Labute approximate surface area is 136 Å². The monoisotopic (exact) mass is 344 g/mol. The topological polar surface area (TPSA) is 73.1 Å². The first-order chi connectivity index (χ1) is 10.1. The van der Waals surface area contributed by atoms with Crippen molar-refractivity contribution in [2.75, 3.05) is 5.43 Å². The fourth-order valence-corrected chi connectivity index (χ4v) is 2.76. The van der Waals surface area contributed by atoms with Crippen LogP contribution in [0.15, 0.2) is 18.2 Å². The molecule has 0 bridgehead atoms. The number of benzene rings is 1. The number of nitrogens with one attached hydrogen (secondary N) is 1. The van der Waals surface area contributed by atoms with Gasteiger partial charge < -0.3 is 10.2 Å². The SMILES string of the molecule is NNc1cc(Cl)c(Oc2cc(C3CC3)c(Cl)nn2)c(Cl)c1. The molecule has 1 aromatic heterocycles. The maximum Gasteiger partial charge on any atom is 0.239 e. The average Bonchev–Trinajstić information content (AvgIpc) is 3.28. The highest BCUT2D eigenvalue weighted by molar-refractivity contribution is 6.37. The van der Waals surface area contributed by atoms with Gasteiger partial charge >= 0.3 is 0 Å². The van der Waals surface area contributed by atoms with E-state index in [4.69, 9.17) is 45.4 Å². The Balaban J connectivity index is 1.91. The van der Waals surface area contributed by atoms with E-state index in [-0.39, 0.29) is 0 Å². The minimum Gasteiger partial charge on any atom is -0.434 e. The van der Waals surface area contributed by atoms with E-state index < -0.39 is 0 Å². The van der Waals surface area contributed by atoms with Crippen LogP contribution in [0, 0.1) is 0 Å². The lowest BCUT2D eigenvalue weighted by atomic mass is 10.2. The van der Waals surface area contributed by atoms with Crippen LogP contribution in [0.1, 0.15) is 24.3 Å². The fourth-order valence-electron chi connectivity index (χ4n) is 1.95. The van der Waals surface area contributed by atoms with E-state index in [0.717, 1.165) is 18.4 Å². The third kappa shape index (κ3) is 3.16. The first-order valence-electron chi connectivity index (χ1n) is 6.25. The van der Waals surface area contributed by atoms with Crippen molar-refractivity contribution in [2.45, 2.75) is 18.8 Å². The predicted molar refractivity (Wildman–Crippen MR) is 83.4 cm³/mol. The molecule has 0 spiro atoms. The van der Waals surface area contributed by atoms with Gasteiger partial charge in [0.1, 0.15) is 0 Å². The number of nitrogens with two attached hydrogens (primary N) is 1. The molecule has 0 atom stereocenters. The van der Waals surface area contributed by atoms with E-state index >= 15 is 0 Å². The number of hydrazine groups is 1. The minimum atomic E-state index is 0.302. The summed E-state index contributed by atoms with van der Waals surface area (Å²) in [4.78, 5) is 0. The molecule has 0 radical (unpaired) electrons. The number of rotatable bonds is 4.